The normalized spacial score (nSPS) is 11.6. The lowest BCUT2D eigenvalue weighted by molar-refractivity contribution is 0.623. The number of thiophene rings is 1. The van der Waals surface area contributed by atoms with Gasteiger partial charge in [0.25, 0.3) is 0 Å². The summed E-state index contributed by atoms with van der Waals surface area (Å²) in [6, 6.07) is 45.3. The third-order valence-corrected chi connectivity index (χ3v) is 9.12. The molecular weight excluding hydrogens is 561 g/mol. The zero-order valence-electron chi connectivity index (χ0n) is 23.3. The van der Waals surface area contributed by atoms with Crippen LogP contribution in [-0.4, -0.2) is 19.9 Å². The minimum absolute atomic E-state index is 0.635. The quantitative estimate of drug-likeness (QED) is 0.207. The molecule has 0 saturated carbocycles. The molecule has 9 rings (SSSR count). The van der Waals surface area contributed by atoms with Gasteiger partial charge in [0.05, 0.1) is 4.70 Å². The van der Waals surface area contributed by atoms with Crippen LogP contribution in [0.1, 0.15) is 0 Å². The molecule has 0 N–H and O–H groups in total. The average Bonchev–Trinajstić information content (AvgIpc) is 3.70. The number of hydrogen-bond donors (Lipinski definition) is 0. The first-order valence-corrected chi connectivity index (χ1v) is 15.2. The molecule has 44 heavy (non-hydrogen) atoms. The maximum Gasteiger partial charge on any atom is 0.227 e. The Hall–Kier alpha value is -5.72. The van der Waals surface area contributed by atoms with Crippen molar-refractivity contribution in [1.82, 2.24) is 19.9 Å². The van der Waals surface area contributed by atoms with Crippen LogP contribution in [0.2, 0.25) is 0 Å². The van der Waals surface area contributed by atoms with Gasteiger partial charge in [-0.1, -0.05) is 103 Å². The highest BCUT2D eigenvalue weighted by atomic mass is 32.1. The molecule has 6 heteroatoms. The van der Waals surface area contributed by atoms with Crippen LogP contribution in [0.5, 0.6) is 0 Å². The van der Waals surface area contributed by atoms with E-state index in [0.717, 1.165) is 54.2 Å². The molecule has 0 saturated heterocycles. The molecule has 0 atom stereocenters. The van der Waals surface area contributed by atoms with Crippen molar-refractivity contribution in [3.8, 4) is 45.6 Å². The molecule has 3 heterocycles. The number of rotatable bonds is 4. The molecule has 0 amide bonds. The van der Waals surface area contributed by atoms with E-state index in [0.29, 0.717) is 23.4 Å². The summed E-state index contributed by atoms with van der Waals surface area (Å²) >= 11 is 1.74. The van der Waals surface area contributed by atoms with Crippen molar-refractivity contribution in [1.29, 1.82) is 0 Å². The molecule has 0 aliphatic rings. The second kappa shape index (κ2) is 9.93. The maximum absolute atomic E-state index is 6.37. The first-order chi connectivity index (χ1) is 21.8. The summed E-state index contributed by atoms with van der Waals surface area (Å²) in [7, 11) is 0. The lowest BCUT2D eigenvalue weighted by Gasteiger charge is -2.10. The largest absolute Gasteiger partial charge is 0.435 e. The highest BCUT2D eigenvalue weighted by Gasteiger charge is 2.18. The third kappa shape index (κ3) is 4.07. The number of hydrogen-bond acceptors (Lipinski definition) is 6. The number of oxazole rings is 1. The molecule has 0 aliphatic carbocycles. The summed E-state index contributed by atoms with van der Waals surface area (Å²) in [6.07, 6.45) is 0. The van der Waals surface area contributed by atoms with E-state index >= 15 is 0 Å². The summed E-state index contributed by atoms with van der Waals surface area (Å²) < 4.78 is 8.66. The summed E-state index contributed by atoms with van der Waals surface area (Å²) in [4.78, 5) is 19.7. The third-order valence-electron chi connectivity index (χ3n) is 7.96. The standard InChI is InChI=1S/C38H22N4OS/c1-4-11-23(12-5-1)35-40-36(24-13-6-2-7-14-24)42-37(41-35)28-18-10-17-26-21-32-30(22-29(26)28)27-19-20-31-33(34(27)44-32)43-38(39-31)25-15-8-3-9-16-25/h1-22H. The number of aromatic nitrogens is 4. The molecule has 0 unspecified atom stereocenters. The summed E-state index contributed by atoms with van der Waals surface area (Å²) in [5.41, 5.74) is 5.52. The first kappa shape index (κ1) is 24.8. The van der Waals surface area contributed by atoms with Crippen molar-refractivity contribution in [3.63, 3.8) is 0 Å². The summed E-state index contributed by atoms with van der Waals surface area (Å²) in [5.74, 6) is 2.58. The number of nitrogens with zero attached hydrogens (tertiary/aromatic N) is 4. The SMILES string of the molecule is c1ccc(-c2nc(-c3ccccc3)nc(-c3cccc4cc5sc6c(ccc7nc(-c8ccccc8)oc76)c5cc34)n2)cc1. The molecule has 0 radical (unpaired) electrons. The van der Waals surface area contributed by atoms with Crippen LogP contribution >= 0.6 is 11.3 Å². The van der Waals surface area contributed by atoms with Crippen LogP contribution in [0.3, 0.4) is 0 Å². The van der Waals surface area contributed by atoms with Gasteiger partial charge in [-0.2, -0.15) is 0 Å². The topological polar surface area (TPSA) is 64.7 Å². The molecule has 3 aromatic heterocycles. The van der Waals surface area contributed by atoms with E-state index < -0.39 is 0 Å². The second-order valence-electron chi connectivity index (χ2n) is 10.7. The van der Waals surface area contributed by atoms with E-state index in [1.54, 1.807) is 11.3 Å². The van der Waals surface area contributed by atoms with Crippen LogP contribution in [0.4, 0.5) is 0 Å². The van der Waals surface area contributed by atoms with Gasteiger partial charge in [0, 0.05) is 37.7 Å². The Morgan fingerprint density at radius 2 is 1.11 bits per heavy atom. The minimum atomic E-state index is 0.635. The number of fused-ring (bicyclic) bond motifs is 6. The van der Waals surface area contributed by atoms with E-state index in [9.17, 15) is 0 Å². The Morgan fingerprint density at radius 3 is 1.80 bits per heavy atom. The molecule has 5 nitrogen and oxygen atoms in total. The Balaban J connectivity index is 1.26. The van der Waals surface area contributed by atoms with Crippen molar-refractivity contribution in [3.05, 3.63) is 133 Å². The minimum Gasteiger partial charge on any atom is -0.435 e. The fourth-order valence-corrected chi connectivity index (χ4v) is 7.03. The van der Waals surface area contributed by atoms with Gasteiger partial charge in [-0.3, -0.25) is 0 Å². The second-order valence-corrected chi connectivity index (χ2v) is 11.7. The predicted molar refractivity (Wildman–Crippen MR) is 180 cm³/mol. The van der Waals surface area contributed by atoms with Crippen LogP contribution in [0.15, 0.2) is 138 Å². The van der Waals surface area contributed by atoms with Crippen molar-refractivity contribution in [2.24, 2.45) is 0 Å². The van der Waals surface area contributed by atoms with E-state index in [4.69, 9.17) is 24.4 Å². The average molecular weight is 583 g/mol. The Labute approximate surface area is 256 Å². The van der Waals surface area contributed by atoms with Crippen LogP contribution < -0.4 is 0 Å². The van der Waals surface area contributed by atoms with Crippen molar-refractivity contribution in [2.45, 2.75) is 0 Å². The van der Waals surface area contributed by atoms with E-state index in [1.165, 1.54) is 10.1 Å². The lowest BCUT2D eigenvalue weighted by Crippen LogP contribution is -2.00. The smallest absolute Gasteiger partial charge is 0.227 e. The molecule has 0 spiro atoms. The monoisotopic (exact) mass is 582 g/mol. The summed E-state index contributed by atoms with van der Waals surface area (Å²) in [6.45, 7) is 0. The van der Waals surface area contributed by atoms with Crippen LogP contribution in [-0.2, 0) is 0 Å². The van der Waals surface area contributed by atoms with Gasteiger partial charge in [0.2, 0.25) is 5.89 Å². The van der Waals surface area contributed by atoms with Gasteiger partial charge in [-0.05, 0) is 41.1 Å². The molecule has 0 fully saturated rings. The van der Waals surface area contributed by atoms with E-state index in [1.807, 2.05) is 91.0 Å². The van der Waals surface area contributed by atoms with E-state index in [-0.39, 0.29) is 0 Å². The van der Waals surface area contributed by atoms with Gasteiger partial charge < -0.3 is 4.42 Å². The van der Waals surface area contributed by atoms with Crippen LogP contribution in [0.25, 0.3) is 87.7 Å². The highest BCUT2D eigenvalue weighted by molar-refractivity contribution is 7.26. The van der Waals surface area contributed by atoms with Gasteiger partial charge in [-0.15, -0.1) is 11.3 Å². The molecule has 206 valence electrons. The summed E-state index contributed by atoms with van der Waals surface area (Å²) in [5, 5.41) is 4.54. The fraction of sp³-hybridized carbons (Fsp3) is 0. The van der Waals surface area contributed by atoms with Gasteiger partial charge >= 0.3 is 0 Å². The fourth-order valence-electron chi connectivity index (χ4n) is 5.82. The van der Waals surface area contributed by atoms with Crippen molar-refractivity contribution >= 4 is 53.4 Å². The predicted octanol–water partition coefficient (Wildman–Crippen LogP) is 10.2. The van der Waals surface area contributed by atoms with Gasteiger partial charge in [0.1, 0.15) is 5.52 Å². The molecule has 9 aromatic rings. The first-order valence-electron chi connectivity index (χ1n) is 14.4. The number of benzene rings is 6. The Bertz CT molecular complexity index is 2430. The van der Waals surface area contributed by atoms with Gasteiger partial charge in [0.15, 0.2) is 23.1 Å². The molecule has 6 aromatic carbocycles. The van der Waals surface area contributed by atoms with Crippen molar-refractivity contribution in [2.75, 3.05) is 0 Å². The molecule has 0 aliphatic heterocycles. The van der Waals surface area contributed by atoms with Gasteiger partial charge in [-0.25, -0.2) is 19.9 Å². The van der Waals surface area contributed by atoms with Crippen molar-refractivity contribution < 1.29 is 4.42 Å². The van der Waals surface area contributed by atoms with E-state index in [2.05, 4.69) is 42.5 Å². The molecule has 0 bridgehead atoms. The zero-order valence-corrected chi connectivity index (χ0v) is 24.1. The maximum atomic E-state index is 6.37. The molecular formula is C38H22N4OS. The Morgan fingerprint density at radius 1 is 0.477 bits per heavy atom. The lowest BCUT2D eigenvalue weighted by atomic mass is 10.0. The van der Waals surface area contributed by atoms with Crippen LogP contribution in [0, 0.1) is 0 Å². The highest BCUT2D eigenvalue weighted by Crippen LogP contribution is 2.42. The Kier molecular flexibility index (Phi) is 5.61. The zero-order chi connectivity index (χ0) is 29.0.